The summed E-state index contributed by atoms with van der Waals surface area (Å²) in [6, 6.07) is 0. The van der Waals surface area contributed by atoms with Crippen LogP contribution in [0.2, 0.25) is 0 Å². The molecule has 8 rings (SSSR count). The number of ether oxygens (including phenoxy) is 6. The van der Waals surface area contributed by atoms with E-state index in [1.165, 1.54) is 12.5 Å². The number of rotatable bonds is 5. The Bertz CT molecular complexity index is 1410. The molecule has 3 saturated carbocycles. The van der Waals surface area contributed by atoms with Gasteiger partial charge in [-0.15, -0.1) is 0 Å². The van der Waals surface area contributed by atoms with E-state index >= 15 is 0 Å². The minimum atomic E-state index is -1.65. The monoisotopic (exact) mass is 754 g/mol. The maximum atomic E-state index is 12.9. The van der Waals surface area contributed by atoms with Crippen molar-refractivity contribution in [3.8, 4) is 0 Å². The highest BCUT2D eigenvalue weighted by Gasteiger charge is 2.81. The number of fused-ring (bicyclic) bond motifs is 7. The molecule has 8 aliphatic rings. The second-order valence-corrected chi connectivity index (χ2v) is 18.5. The summed E-state index contributed by atoms with van der Waals surface area (Å²) >= 11 is 0. The van der Waals surface area contributed by atoms with Crippen molar-refractivity contribution in [2.24, 2.45) is 34.5 Å². The van der Waals surface area contributed by atoms with Gasteiger partial charge in [0.1, 0.15) is 48.3 Å². The van der Waals surface area contributed by atoms with Gasteiger partial charge in [0, 0.05) is 24.2 Å². The summed E-state index contributed by atoms with van der Waals surface area (Å²) in [7, 11) is 0. The number of hydrogen-bond acceptors (Lipinski definition) is 14. The Morgan fingerprint density at radius 2 is 1.57 bits per heavy atom. The van der Waals surface area contributed by atoms with Crippen LogP contribution in [0.15, 0.2) is 11.6 Å². The van der Waals surface area contributed by atoms with Crippen molar-refractivity contribution in [2.75, 3.05) is 13.2 Å². The van der Waals surface area contributed by atoms with Crippen LogP contribution >= 0.6 is 0 Å². The number of aliphatic hydroxyl groups is 8. The van der Waals surface area contributed by atoms with Crippen LogP contribution in [-0.4, -0.2) is 145 Å². The van der Waals surface area contributed by atoms with Crippen LogP contribution in [0.3, 0.4) is 0 Å². The van der Waals surface area contributed by atoms with Crippen LogP contribution in [0.5, 0.6) is 0 Å². The number of aliphatic hydroxyl groups excluding tert-OH is 6. The van der Waals surface area contributed by atoms with Crippen LogP contribution in [0.1, 0.15) is 92.4 Å². The summed E-state index contributed by atoms with van der Waals surface area (Å²) in [6.45, 7) is 10.1. The van der Waals surface area contributed by atoms with Gasteiger partial charge in [-0.1, -0.05) is 39.3 Å². The normalized spacial score (nSPS) is 59.5. The van der Waals surface area contributed by atoms with Gasteiger partial charge in [0.2, 0.25) is 0 Å². The van der Waals surface area contributed by atoms with E-state index in [0.29, 0.717) is 44.6 Å². The van der Waals surface area contributed by atoms with Crippen LogP contribution < -0.4 is 0 Å². The van der Waals surface area contributed by atoms with Gasteiger partial charge in [-0.3, -0.25) is 0 Å². The standard InChI is InChI=1S/C39H62O14/c1-18-8-13-38(48-17-18)20(3)39(47)26(53-38)15-37(46)24-7-6-21-14-22(9-11-35(21,4)23(24)10-12-36(37,39)5)50-34-32(30(44)28(42)25(16-40)51-34)52-33-31(45)29(43)27(41)19(2)49-33/h6,18-20,22-34,40-47H,7-17H2,1-5H3/t18-,19+,20-,22+,23+,24-,25-,26+,27+,28-,29-,30+,31-,32-,33+,34-,35+,36+,37-,38-,39-/m0/s1. The van der Waals surface area contributed by atoms with Crippen LogP contribution in [-0.2, 0) is 28.4 Å². The molecule has 0 aromatic carbocycles. The lowest BCUT2D eigenvalue weighted by Crippen LogP contribution is -2.66. The van der Waals surface area contributed by atoms with Crippen molar-refractivity contribution in [2.45, 2.75) is 183 Å². The van der Waals surface area contributed by atoms with Gasteiger partial charge in [0.15, 0.2) is 18.4 Å². The van der Waals surface area contributed by atoms with Crippen molar-refractivity contribution in [3.05, 3.63) is 11.6 Å². The highest BCUT2D eigenvalue weighted by atomic mass is 16.8. The molecule has 7 fully saturated rings. The molecule has 0 aromatic heterocycles. The van der Waals surface area contributed by atoms with Crippen molar-refractivity contribution in [1.82, 2.24) is 0 Å². The molecule has 302 valence electrons. The fraction of sp³-hybridized carbons (Fsp3) is 0.949. The summed E-state index contributed by atoms with van der Waals surface area (Å²) in [4.78, 5) is 0. The van der Waals surface area contributed by atoms with Gasteiger partial charge in [-0.2, -0.15) is 0 Å². The third-order valence-corrected chi connectivity index (χ3v) is 16.0. The summed E-state index contributed by atoms with van der Waals surface area (Å²) < 4.78 is 37.1. The predicted molar refractivity (Wildman–Crippen MR) is 184 cm³/mol. The van der Waals surface area contributed by atoms with Gasteiger partial charge in [-0.25, -0.2) is 0 Å². The van der Waals surface area contributed by atoms with Crippen molar-refractivity contribution in [3.63, 3.8) is 0 Å². The van der Waals surface area contributed by atoms with E-state index in [4.69, 9.17) is 28.4 Å². The lowest BCUT2D eigenvalue weighted by atomic mass is 9.44. The first kappa shape index (κ1) is 39.0. The van der Waals surface area contributed by atoms with E-state index < -0.39 is 96.5 Å². The Morgan fingerprint density at radius 3 is 2.26 bits per heavy atom. The maximum Gasteiger partial charge on any atom is 0.187 e. The van der Waals surface area contributed by atoms with Gasteiger partial charge in [0.05, 0.1) is 37.1 Å². The molecule has 1 spiro atoms. The van der Waals surface area contributed by atoms with Crippen LogP contribution in [0, 0.1) is 34.5 Å². The zero-order valence-electron chi connectivity index (χ0n) is 31.6. The quantitative estimate of drug-likeness (QED) is 0.181. The van der Waals surface area contributed by atoms with E-state index in [0.717, 1.165) is 25.7 Å². The Balaban J connectivity index is 0.995. The zero-order chi connectivity index (χ0) is 38.0. The topological polar surface area (TPSA) is 217 Å². The number of allylic oxidation sites excluding steroid dienone is 1. The van der Waals surface area contributed by atoms with Crippen LogP contribution in [0.4, 0.5) is 0 Å². The molecule has 4 aliphatic heterocycles. The van der Waals surface area contributed by atoms with Gasteiger partial charge in [-0.05, 0) is 75.0 Å². The molecule has 0 bridgehead atoms. The number of hydrogen-bond donors (Lipinski definition) is 8. The van der Waals surface area contributed by atoms with E-state index in [-0.39, 0.29) is 29.3 Å². The third-order valence-electron chi connectivity index (χ3n) is 16.0. The van der Waals surface area contributed by atoms with E-state index in [1.807, 2.05) is 6.92 Å². The van der Waals surface area contributed by atoms with Gasteiger partial charge in [0.25, 0.3) is 0 Å². The minimum absolute atomic E-state index is 0.0688. The highest BCUT2D eigenvalue weighted by molar-refractivity contribution is 5.33. The molecule has 14 heteroatoms. The SMILES string of the molecule is C[C@H]1CC[C@]2(OC1)O[C@@H]1C[C@]3(O)[C@H]4CC=C5C[C@H](O[C@H]6O[C@@H](CO)[C@H](O)[C@@H](O)[C@@H]6O[C@H]6O[C@H](C)[C@@H](O)[C@H](O)[C@@H]6O)CC[C@@]5(C)[C@@H]4CC[C@@]3(C)[C@]1(O)[C@H]2C. The fourth-order valence-corrected chi connectivity index (χ4v) is 12.4. The lowest BCUT2D eigenvalue weighted by Gasteiger charge is -2.63. The molecule has 4 saturated heterocycles. The third kappa shape index (κ3) is 5.49. The molecule has 0 aromatic rings. The fourth-order valence-electron chi connectivity index (χ4n) is 12.4. The van der Waals surface area contributed by atoms with Gasteiger partial charge >= 0.3 is 0 Å². The average Bonchev–Trinajstić information content (AvgIpc) is 3.44. The molecule has 21 atom stereocenters. The Morgan fingerprint density at radius 1 is 0.811 bits per heavy atom. The molecule has 0 unspecified atom stereocenters. The van der Waals surface area contributed by atoms with E-state index in [9.17, 15) is 40.9 Å². The minimum Gasteiger partial charge on any atom is -0.394 e. The smallest absolute Gasteiger partial charge is 0.187 e. The van der Waals surface area contributed by atoms with Crippen molar-refractivity contribution < 1.29 is 69.3 Å². The second-order valence-electron chi connectivity index (χ2n) is 18.5. The summed E-state index contributed by atoms with van der Waals surface area (Å²) in [5.41, 5.74) is -2.13. The molecule has 0 amide bonds. The molecular formula is C39H62O14. The van der Waals surface area contributed by atoms with Gasteiger partial charge < -0.3 is 69.3 Å². The Kier molecular flexibility index (Phi) is 9.84. The summed E-state index contributed by atoms with van der Waals surface area (Å²) in [5.74, 6) is -0.554. The Hall–Kier alpha value is -0.820. The van der Waals surface area contributed by atoms with Crippen molar-refractivity contribution in [1.29, 1.82) is 0 Å². The second kappa shape index (κ2) is 13.4. The predicted octanol–water partition coefficient (Wildman–Crippen LogP) is 0.620. The highest BCUT2D eigenvalue weighted by Crippen LogP contribution is 2.73. The molecule has 8 N–H and O–H groups in total. The molecule has 53 heavy (non-hydrogen) atoms. The first-order valence-corrected chi connectivity index (χ1v) is 20.0. The average molecular weight is 755 g/mol. The Labute approximate surface area is 311 Å². The van der Waals surface area contributed by atoms with Crippen molar-refractivity contribution >= 4 is 0 Å². The maximum absolute atomic E-state index is 12.9. The summed E-state index contributed by atoms with van der Waals surface area (Å²) in [6.07, 6.45) is -6.28. The largest absolute Gasteiger partial charge is 0.394 e. The lowest BCUT2D eigenvalue weighted by molar-refractivity contribution is -0.369. The first-order chi connectivity index (χ1) is 24.9. The zero-order valence-corrected chi connectivity index (χ0v) is 31.6. The van der Waals surface area contributed by atoms with Crippen LogP contribution in [0.25, 0.3) is 0 Å². The molecular weight excluding hydrogens is 692 g/mol. The molecule has 4 heterocycles. The summed E-state index contributed by atoms with van der Waals surface area (Å²) in [5, 5.41) is 88.5. The van der Waals surface area contributed by atoms with E-state index in [1.54, 1.807) is 0 Å². The molecule has 0 radical (unpaired) electrons. The molecule has 14 nitrogen and oxygen atoms in total. The molecule has 4 aliphatic carbocycles. The van der Waals surface area contributed by atoms with E-state index in [2.05, 4.69) is 26.8 Å². The first-order valence-electron chi connectivity index (χ1n) is 20.0.